The molecule has 0 radical (unpaired) electrons. The molecule has 0 aromatic heterocycles. The van der Waals surface area contributed by atoms with Crippen molar-refractivity contribution in [2.24, 2.45) is 0 Å². The van der Waals surface area contributed by atoms with Gasteiger partial charge in [0.05, 0.1) is 26.2 Å². The minimum absolute atomic E-state index is 0.0793. The summed E-state index contributed by atoms with van der Waals surface area (Å²) in [4.78, 5) is 0. The Bertz CT molecular complexity index is 250. The second-order valence-corrected chi connectivity index (χ2v) is 4.42. The molecule has 1 aromatic rings. The molecule has 0 heterocycles. The number of benzene rings is 1. The molecule has 0 amide bonds. The average molecular weight is 237 g/mol. The normalized spacial score (nSPS) is 10.6. The van der Waals surface area contributed by atoms with Crippen molar-refractivity contribution in [2.75, 3.05) is 26.2 Å². The van der Waals surface area contributed by atoms with Crippen LogP contribution in [0.2, 0.25) is 0 Å². The molecule has 0 spiro atoms. The SMILES string of the molecule is CC[N+](CC)(CC)CC.Cc1ccc([O-])cc1. The Labute approximate surface area is 106 Å². The van der Waals surface area contributed by atoms with Gasteiger partial charge in [-0.15, -0.1) is 5.75 Å². The predicted molar refractivity (Wildman–Crippen MR) is 73.0 cm³/mol. The molecular weight excluding hydrogens is 210 g/mol. The third kappa shape index (κ3) is 5.73. The zero-order valence-electron chi connectivity index (χ0n) is 12.0. The highest BCUT2D eigenvalue weighted by atomic mass is 16.3. The van der Waals surface area contributed by atoms with E-state index in [1.54, 1.807) is 12.1 Å². The summed E-state index contributed by atoms with van der Waals surface area (Å²) in [6.45, 7) is 16.2. The molecule has 0 atom stereocenters. The fraction of sp³-hybridized carbons (Fsp3) is 0.600. The first-order chi connectivity index (χ1) is 8.03. The van der Waals surface area contributed by atoms with Gasteiger partial charge in [0, 0.05) is 0 Å². The van der Waals surface area contributed by atoms with E-state index >= 15 is 0 Å². The number of hydrogen-bond donors (Lipinski definition) is 0. The lowest BCUT2D eigenvalue weighted by Crippen LogP contribution is -2.47. The van der Waals surface area contributed by atoms with E-state index in [2.05, 4.69) is 27.7 Å². The van der Waals surface area contributed by atoms with Crippen LogP contribution in [0.15, 0.2) is 24.3 Å². The molecule has 0 saturated carbocycles. The lowest BCUT2D eigenvalue weighted by molar-refractivity contribution is -0.921. The van der Waals surface area contributed by atoms with Crippen molar-refractivity contribution in [3.8, 4) is 5.75 Å². The molecule has 0 bridgehead atoms. The third-order valence-corrected chi connectivity index (χ3v) is 3.70. The Kier molecular flexibility index (Phi) is 7.64. The van der Waals surface area contributed by atoms with E-state index in [0.717, 1.165) is 5.56 Å². The first-order valence-corrected chi connectivity index (χ1v) is 6.62. The largest absolute Gasteiger partial charge is 0.872 e. The van der Waals surface area contributed by atoms with Gasteiger partial charge < -0.3 is 9.59 Å². The summed E-state index contributed by atoms with van der Waals surface area (Å²) < 4.78 is 1.28. The monoisotopic (exact) mass is 237 g/mol. The Balaban J connectivity index is 0.000000302. The van der Waals surface area contributed by atoms with E-state index in [0.29, 0.717) is 0 Å². The minimum atomic E-state index is 0.0793. The second-order valence-electron chi connectivity index (χ2n) is 4.42. The van der Waals surface area contributed by atoms with E-state index in [1.807, 2.05) is 19.1 Å². The standard InChI is InChI=1S/C8H20N.C7H8O/c1-5-9(6-2,7-3)8-4;1-6-2-4-7(8)5-3-6/h5-8H2,1-4H3;2-5,8H,1H3/q+1;/p-1. The van der Waals surface area contributed by atoms with Gasteiger partial charge in [0.15, 0.2) is 0 Å². The van der Waals surface area contributed by atoms with Gasteiger partial charge in [-0.25, -0.2) is 0 Å². The maximum absolute atomic E-state index is 10.4. The number of quaternary nitrogens is 1. The van der Waals surface area contributed by atoms with E-state index in [4.69, 9.17) is 0 Å². The van der Waals surface area contributed by atoms with Crippen molar-refractivity contribution in [1.29, 1.82) is 0 Å². The molecule has 0 saturated heterocycles. The molecule has 0 N–H and O–H groups in total. The first-order valence-electron chi connectivity index (χ1n) is 6.62. The highest BCUT2D eigenvalue weighted by molar-refractivity contribution is 5.23. The van der Waals surface area contributed by atoms with Crippen molar-refractivity contribution in [3.05, 3.63) is 29.8 Å². The Hall–Kier alpha value is -1.02. The summed E-state index contributed by atoms with van der Waals surface area (Å²) in [5, 5.41) is 10.4. The molecule has 1 aromatic carbocycles. The van der Waals surface area contributed by atoms with E-state index in [1.165, 1.54) is 30.7 Å². The van der Waals surface area contributed by atoms with Gasteiger partial charge in [0.25, 0.3) is 0 Å². The number of hydrogen-bond acceptors (Lipinski definition) is 1. The molecule has 98 valence electrons. The third-order valence-electron chi connectivity index (χ3n) is 3.70. The maximum atomic E-state index is 10.4. The number of nitrogens with zero attached hydrogens (tertiary/aromatic N) is 1. The van der Waals surface area contributed by atoms with Crippen LogP contribution in [0.4, 0.5) is 0 Å². The molecule has 0 aliphatic heterocycles. The Morgan fingerprint density at radius 1 is 0.824 bits per heavy atom. The Morgan fingerprint density at radius 2 is 1.18 bits per heavy atom. The van der Waals surface area contributed by atoms with Gasteiger partial charge in [-0.1, -0.05) is 29.8 Å². The summed E-state index contributed by atoms with van der Waals surface area (Å²) in [5.74, 6) is 0.0793. The van der Waals surface area contributed by atoms with Crippen LogP contribution in [-0.2, 0) is 0 Å². The minimum Gasteiger partial charge on any atom is -0.872 e. The van der Waals surface area contributed by atoms with Crippen LogP contribution in [-0.4, -0.2) is 30.7 Å². The van der Waals surface area contributed by atoms with Crippen LogP contribution >= 0.6 is 0 Å². The van der Waals surface area contributed by atoms with Crippen LogP contribution < -0.4 is 5.11 Å². The van der Waals surface area contributed by atoms with Crippen molar-refractivity contribution in [3.63, 3.8) is 0 Å². The van der Waals surface area contributed by atoms with Crippen molar-refractivity contribution in [2.45, 2.75) is 34.6 Å². The highest BCUT2D eigenvalue weighted by Gasteiger charge is 2.16. The lowest BCUT2D eigenvalue weighted by atomic mass is 10.2. The molecule has 2 nitrogen and oxygen atoms in total. The van der Waals surface area contributed by atoms with Gasteiger partial charge in [-0.05, 0) is 34.6 Å². The molecule has 1 rings (SSSR count). The van der Waals surface area contributed by atoms with Gasteiger partial charge in [0.1, 0.15) is 0 Å². The summed E-state index contributed by atoms with van der Waals surface area (Å²) in [5.41, 5.74) is 1.13. The van der Waals surface area contributed by atoms with Gasteiger partial charge >= 0.3 is 0 Å². The summed E-state index contributed by atoms with van der Waals surface area (Å²) in [6.07, 6.45) is 0. The second kappa shape index (κ2) is 8.13. The van der Waals surface area contributed by atoms with Crippen LogP contribution in [0, 0.1) is 6.92 Å². The molecule has 17 heavy (non-hydrogen) atoms. The molecule has 0 fully saturated rings. The topological polar surface area (TPSA) is 23.1 Å². The van der Waals surface area contributed by atoms with Crippen LogP contribution in [0.25, 0.3) is 0 Å². The molecule has 0 aliphatic carbocycles. The summed E-state index contributed by atoms with van der Waals surface area (Å²) >= 11 is 0. The van der Waals surface area contributed by atoms with Gasteiger partial charge in [-0.2, -0.15) is 0 Å². The fourth-order valence-electron chi connectivity index (χ4n) is 1.88. The molecule has 2 heteroatoms. The van der Waals surface area contributed by atoms with Crippen molar-refractivity contribution < 1.29 is 9.59 Å². The molecule has 0 unspecified atom stereocenters. The van der Waals surface area contributed by atoms with Gasteiger partial charge in [-0.3, -0.25) is 0 Å². The number of rotatable bonds is 4. The quantitative estimate of drug-likeness (QED) is 0.738. The van der Waals surface area contributed by atoms with Crippen LogP contribution in [0.3, 0.4) is 0 Å². The first kappa shape index (κ1) is 16.0. The van der Waals surface area contributed by atoms with E-state index < -0.39 is 0 Å². The average Bonchev–Trinajstić information content (AvgIpc) is 2.37. The summed E-state index contributed by atoms with van der Waals surface area (Å²) in [6, 6.07) is 6.75. The number of aryl methyl sites for hydroxylation is 1. The highest BCUT2D eigenvalue weighted by Crippen LogP contribution is 2.04. The lowest BCUT2D eigenvalue weighted by Gasteiger charge is -2.34. The summed E-state index contributed by atoms with van der Waals surface area (Å²) in [7, 11) is 0. The zero-order chi connectivity index (χ0) is 13.3. The maximum Gasteiger partial charge on any atom is 0.0757 e. The predicted octanol–water partition coefficient (Wildman–Crippen LogP) is 2.95. The van der Waals surface area contributed by atoms with Crippen LogP contribution in [0.1, 0.15) is 33.3 Å². The Morgan fingerprint density at radius 3 is 1.35 bits per heavy atom. The molecular formula is C15H27NO. The van der Waals surface area contributed by atoms with E-state index in [-0.39, 0.29) is 5.75 Å². The molecule has 0 aliphatic rings. The smallest absolute Gasteiger partial charge is 0.0757 e. The van der Waals surface area contributed by atoms with Gasteiger partial charge in [0.2, 0.25) is 0 Å². The van der Waals surface area contributed by atoms with Crippen LogP contribution in [0.5, 0.6) is 5.75 Å². The zero-order valence-corrected chi connectivity index (χ0v) is 12.0. The van der Waals surface area contributed by atoms with E-state index in [9.17, 15) is 5.11 Å². The van der Waals surface area contributed by atoms with Crippen molar-refractivity contribution >= 4 is 0 Å². The fourth-order valence-corrected chi connectivity index (χ4v) is 1.88. The van der Waals surface area contributed by atoms with Crippen molar-refractivity contribution in [1.82, 2.24) is 0 Å².